The fraction of sp³-hybridized carbons (Fsp3) is 0.736. The SMILES string of the molecule is CC/C(C)=C/C=C/C=C/[C@@H](C)C[C@@H](C)C(=O)C[C@H](O)/C(C)=C/[C@@H](C)C(=O)CC(OC(=O)[C@@H]1CCCCN1C(=O)C(=O)[C@]1(O)OCCC[C@H]1C)[C@H](C)C[C@@H]1CCC(OC(=O)CO)[C@H](OC)C1.CO.CO. The van der Waals surface area contributed by atoms with Crippen LogP contribution in [-0.2, 0) is 47.7 Å². The molecule has 0 radical (unpaired) electrons. The van der Waals surface area contributed by atoms with Crippen LogP contribution >= 0.6 is 0 Å². The number of allylic oxidation sites excluding steroid dienone is 7. The van der Waals surface area contributed by atoms with Crippen LogP contribution in [0.25, 0.3) is 0 Å². The van der Waals surface area contributed by atoms with Crippen molar-refractivity contribution in [1.82, 2.24) is 4.90 Å². The van der Waals surface area contributed by atoms with Gasteiger partial charge in [-0.1, -0.05) is 83.6 Å². The van der Waals surface area contributed by atoms with Gasteiger partial charge in [-0.15, -0.1) is 0 Å². The Hall–Kier alpha value is -3.90. The minimum Gasteiger partial charge on any atom is -0.460 e. The molecule has 2 aliphatic heterocycles. The molecular formula is C53H87NO15. The van der Waals surface area contributed by atoms with Gasteiger partial charge in [0.15, 0.2) is 0 Å². The Balaban J connectivity index is 0.00000579. The van der Waals surface area contributed by atoms with E-state index < -0.39 is 78.3 Å². The second-order valence-electron chi connectivity index (χ2n) is 19.1. The summed E-state index contributed by atoms with van der Waals surface area (Å²) in [6.45, 7) is 14.5. The van der Waals surface area contributed by atoms with Crippen molar-refractivity contribution in [3.05, 3.63) is 47.6 Å². The fourth-order valence-electron chi connectivity index (χ4n) is 9.16. The lowest BCUT2D eigenvalue weighted by Gasteiger charge is -2.40. The van der Waals surface area contributed by atoms with Gasteiger partial charge >= 0.3 is 11.9 Å². The minimum absolute atomic E-state index is 0.0433. The van der Waals surface area contributed by atoms with Crippen molar-refractivity contribution in [1.29, 1.82) is 0 Å². The van der Waals surface area contributed by atoms with Crippen molar-refractivity contribution in [3.8, 4) is 0 Å². The number of carbonyl (C=O) groups is 6. The van der Waals surface area contributed by atoms with Gasteiger partial charge < -0.3 is 49.4 Å². The summed E-state index contributed by atoms with van der Waals surface area (Å²) < 4.78 is 22.7. The third kappa shape index (κ3) is 20.4. The summed E-state index contributed by atoms with van der Waals surface area (Å²) in [6, 6.07) is -1.12. The van der Waals surface area contributed by atoms with Gasteiger partial charge in [0.25, 0.3) is 11.7 Å². The Kier molecular flexibility index (Phi) is 30.1. The van der Waals surface area contributed by atoms with E-state index >= 15 is 0 Å². The zero-order valence-corrected chi connectivity index (χ0v) is 43.4. The van der Waals surface area contributed by atoms with Crippen molar-refractivity contribution < 1.29 is 73.2 Å². The molecule has 3 aliphatic rings. The van der Waals surface area contributed by atoms with Crippen LogP contribution in [0.15, 0.2) is 47.6 Å². The lowest BCUT2D eigenvalue weighted by molar-refractivity contribution is -0.241. The molecule has 5 N–H and O–H groups in total. The maximum Gasteiger partial charge on any atom is 0.332 e. The summed E-state index contributed by atoms with van der Waals surface area (Å²) in [6.07, 6.45) is 14.7. The largest absolute Gasteiger partial charge is 0.460 e. The summed E-state index contributed by atoms with van der Waals surface area (Å²) in [7, 11) is 3.53. The van der Waals surface area contributed by atoms with E-state index in [0.29, 0.717) is 63.4 Å². The number of carbonyl (C=O) groups excluding carboxylic acids is 6. The molecule has 0 bridgehead atoms. The first kappa shape index (κ1) is 63.1. The number of Topliss-reactive ketones (excluding diaryl/α,β-unsaturated/α-hetero) is 3. The van der Waals surface area contributed by atoms with Gasteiger partial charge in [0.2, 0.25) is 5.79 Å². The maximum absolute atomic E-state index is 14.2. The number of likely N-dealkylation sites (tertiary alicyclic amines) is 1. The molecule has 0 aromatic rings. The zero-order valence-electron chi connectivity index (χ0n) is 43.4. The highest BCUT2D eigenvalue weighted by Gasteiger charge is 2.51. The van der Waals surface area contributed by atoms with E-state index in [4.69, 9.17) is 29.2 Å². The van der Waals surface area contributed by atoms with Gasteiger partial charge in [-0.2, -0.15) is 0 Å². The number of aliphatic hydroxyl groups is 5. The number of ketones is 3. The Bertz CT molecular complexity index is 1740. The van der Waals surface area contributed by atoms with Crippen LogP contribution in [0.1, 0.15) is 139 Å². The van der Waals surface area contributed by atoms with Gasteiger partial charge in [-0.05, 0) is 108 Å². The zero-order chi connectivity index (χ0) is 52.4. The van der Waals surface area contributed by atoms with Crippen LogP contribution < -0.4 is 0 Å². The molecule has 69 heavy (non-hydrogen) atoms. The Morgan fingerprint density at radius 3 is 2.17 bits per heavy atom. The topological polar surface area (TPSA) is 244 Å². The summed E-state index contributed by atoms with van der Waals surface area (Å²) in [5.41, 5.74) is 1.76. The maximum atomic E-state index is 14.2. The standard InChI is InChI=1S/C51H79NO13.2CH4O/c1-10-32(2)17-12-11-13-18-33(3)25-34(4)41(54)29-42(55)35(5)26-36(6)43(56)30-45(37(7)27-39-21-22-44(46(28-39)62-9)64-47(57)31-53)65-50(60)40-20-14-15-23-52(40)49(59)48(58)51(61)38(8)19-16-24-63-51;2*1-2/h11-13,17-18,26,33-34,36-40,42,44-46,53,55,61H,10,14-16,19-25,27-31H2,1-9H3;2*2H,1H3/b12-11+,18-13+,32-17+,35-26+;;/t33-,34-,36-,37-,38-,39+,40+,42+,44?,45?,46-,51-;;/m1../s1. The number of nitrogens with zero attached hydrogens (tertiary/aromatic N) is 1. The summed E-state index contributed by atoms with van der Waals surface area (Å²) in [5.74, 6) is -8.05. The molecule has 1 saturated carbocycles. The average molecular weight is 978 g/mol. The second-order valence-corrected chi connectivity index (χ2v) is 19.1. The number of methoxy groups -OCH3 is 1. The van der Waals surface area contributed by atoms with Gasteiger partial charge in [-0.3, -0.25) is 19.2 Å². The van der Waals surface area contributed by atoms with E-state index in [1.807, 2.05) is 39.0 Å². The highest BCUT2D eigenvalue weighted by Crippen LogP contribution is 2.36. The van der Waals surface area contributed by atoms with E-state index in [2.05, 4.69) is 26.0 Å². The first-order chi connectivity index (χ1) is 32.7. The number of esters is 2. The summed E-state index contributed by atoms with van der Waals surface area (Å²) >= 11 is 0. The first-order valence-corrected chi connectivity index (χ1v) is 24.8. The van der Waals surface area contributed by atoms with Crippen molar-refractivity contribution in [2.75, 3.05) is 41.1 Å². The van der Waals surface area contributed by atoms with Gasteiger partial charge in [-0.25, -0.2) is 9.59 Å². The van der Waals surface area contributed by atoms with Crippen LogP contribution in [0.5, 0.6) is 0 Å². The van der Waals surface area contributed by atoms with Crippen LogP contribution in [0, 0.1) is 35.5 Å². The number of rotatable bonds is 24. The van der Waals surface area contributed by atoms with Crippen LogP contribution in [0.3, 0.4) is 0 Å². The summed E-state index contributed by atoms with van der Waals surface area (Å²) in [5, 5.41) is 45.5. The molecule has 3 fully saturated rings. The number of aliphatic hydroxyl groups excluding tert-OH is 4. The molecule has 1 amide bonds. The smallest absolute Gasteiger partial charge is 0.332 e. The molecule has 2 unspecified atom stereocenters. The Morgan fingerprint density at radius 1 is 0.870 bits per heavy atom. The molecule has 16 nitrogen and oxygen atoms in total. The average Bonchev–Trinajstić information content (AvgIpc) is 3.35. The van der Waals surface area contributed by atoms with Gasteiger partial charge in [0.1, 0.15) is 36.4 Å². The summed E-state index contributed by atoms with van der Waals surface area (Å²) in [4.78, 5) is 81.7. The van der Waals surface area contributed by atoms with E-state index in [-0.39, 0.29) is 67.7 Å². The predicted octanol–water partition coefficient (Wildman–Crippen LogP) is 5.94. The molecular weight excluding hydrogens is 891 g/mol. The number of ether oxygens (including phenoxy) is 4. The molecule has 1 aliphatic carbocycles. The van der Waals surface area contributed by atoms with E-state index in [0.717, 1.165) is 20.6 Å². The number of amides is 1. The molecule has 12 atom stereocenters. The predicted molar refractivity (Wildman–Crippen MR) is 262 cm³/mol. The first-order valence-electron chi connectivity index (χ1n) is 24.8. The van der Waals surface area contributed by atoms with E-state index in [1.165, 1.54) is 17.6 Å². The molecule has 2 saturated heterocycles. The lowest BCUT2D eigenvalue weighted by atomic mass is 9.78. The monoisotopic (exact) mass is 978 g/mol. The third-order valence-electron chi connectivity index (χ3n) is 13.7. The quantitative estimate of drug-likeness (QED) is 0.0325. The van der Waals surface area contributed by atoms with Crippen molar-refractivity contribution in [2.45, 2.75) is 175 Å². The molecule has 0 aromatic heterocycles. The van der Waals surface area contributed by atoms with Crippen molar-refractivity contribution in [2.24, 2.45) is 35.5 Å². The number of hydrogen-bond donors (Lipinski definition) is 5. The third-order valence-corrected chi connectivity index (χ3v) is 13.7. The number of piperidine rings is 1. The minimum atomic E-state index is -2.29. The fourth-order valence-corrected chi connectivity index (χ4v) is 9.16. The normalized spacial score (nSPS) is 26.0. The molecule has 0 spiro atoms. The van der Waals surface area contributed by atoms with E-state index in [1.54, 1.807) is 26.8 Å². The Morgan fingerprint density at radius 2 is 1.55 bits per heavy atom. The second kappa shape index (κ2) is 32.9. The van der Waals surface area contributed by atoms with Gasteiger partial charge in [0, 0.05) is 58.5 Å². The molecule has 0 aromatic carbocycles. The van der Waals surface area contributed by atoms with Crippen LogP contribution in [0.4, 0.5) is 0 Å². The Labute approximate surface area is 411 Å². The highest BCUT2D eigenvalue weighted by atomic mass is 16.6. The molecule has 3 rings (SSSR count). The van der Waals surface area contributed by atoms with Gasteiger partial charge in [0.05, 0.1) is 18.8 Å². The molecule has 394 valence electrons. The van der Waals surface area contributed by atoms with Crippen LogP contribution in [-0.4, -0.2) is 143 Å². The lowest BCUT2D eigenvalue weighted by Crippen LogP contribution is -2.59. The highest BCUT2D eigenvalue weighted by molar-refractivity contribution is 6.39. The number of hydrogen-bond acceptors (Lipinski definition) is 15. The molecule has 16 heteroatoms. The van der Waals surface area contributed by atoms with Crippen molar-refractivity contribution in [3.63, 3.8) is 0 Å². The molecule has 2 heterocycles. The van der Waals surface area contributed by atoms with Crippen molar-refractivity contribution >= 4 is 35.2 Å². The van der Waals surface area contributed by atoms with E-state index in [9.17, 15) is 44.1 Å². The van der Waals surface area contributed by atoms with Crippen LogP contribution in [0.2, 0.25) is 0 Å².